The largest absolute Gasteiger partial charge is 0.331 e. The summed E-state index contributed by atoms with van der Waals surface area (Å²) in [5.41, 5.74) is 3.70. The number of aromatic nitrogens is 2. The third-order valence-corrected chi connectivity index (χ3v) is 4.72. The summed E-state index contributed by atoms with van der Waals surface area (Å²) in [6.45, 7) is 5.58. The highest BCUT2D eigenvalue weighted by Gasteiger charge is 2.25. The molecule has 1 aromatic heterocycles. The van der Waals surface area contributed by atoms with Crippen molar-refractivity contribution in [2.75, 3.05) is 13.6 Å². The number of hydrogen-bond donors (Lipinski definition) is 1. The highest BCUT2D eigenvalue weighted by molar-refractivity contribution is 7.71. The number of H-pyrrole nitrogens is 1. The van der Waals surface area contributed by atoms with Crippen molar-refractivity contribution < 1.29 is 0 Å². The lowest BCUT2D eigenvalue weighted by atomic mass is 9.98. The number of rotatable bonds is 1. The highest BCUT2D eigenvalue weighted by Crippen LogP contribution is 2.30. The second-order valence-corrected chi connectivity index (χ2v) is 6.22. The van der Waals surface area contributed by atoms with Gasteiger partial charge in [-0.1, -0.05) is 6.07 Å². The van der Waals surface area contributed by atoms with Crippen LogP contribution in [0.3, 0.4) is 0 Å². The van der Waals surface area contributed by atoms with Gasteiger partial charge in [-0.05, 0) is 63.7 Å². The molecule has 3 nitrogen and oxygen atoms in total. The molecule has 0 radical (unpaired) electrons. The van der Waals surface area contributed by atoms with Gasteiger partial charge in [0.25, 0.3) is 0 Å². The van der Waals surface area contributed by atoms with Gasteiger partial charge < -0.3 is 14.5 Å². The van der Waals surface area contributed by atoms with Crippen LogP contribution in [0.2, 0.25) is 0 Å². The van der Waals surface area contributed by atoms with Crippen LogP contribution >= 0.6 is 12.2 Å². The number of piperidine rings is 1. The van der Waals surface area contributed by atoms with Gasteiger partial charge >= 0.3 is 0 Å². The number of fused-ring (bicyclic) bond motifs is 1. The minimum atomic E-state index is 0.522. The smallest absolute Gasteiger partial charge is 0.178 e. The molecule has 0 aliphatic carbocycles. The molecule has 1 saturated heterocycles. The topological polar surface area (TPSA) is 24.0 Å². The van der Waals surface area contributed by atoms with Crippen LogP contribution in [-0.4, -0.2) is 34.1 Å². The molecule has 2 aromatic rings. The van der Waals surface area contributed by atoms with Crippen molar-refractivity contribution in [3.8, 4) is 0 Å². The zero-order valence-corrected chi connectivity index (χ0v) is 12.6. The Morgan fingerprint density at radius 1 is 1.37 bits per heavy atom. The van der Waals surface area contributed by atoms with E-state index in [1.807, 2.05) is 0 Å². The lowest BCUT2D eigenvalue weighted by Crippen LogP contribution is -2.38. The molecule has 3 rings (SSSR count). The Morgan fingerprint density at radius 2 is 2.16 bits per heavy atom. The average molecular weight is 275 g/mol. The van der Waals surface area contributed by atoms with Crippen LogP contribution in [0.25, 0.3) is 11.0 Å². The van der Waals surface area contributed by atoms with E-state index in [9.17, 15) is 0 Å². The van der Waals surface area contributed by atoms with Crippen molar-refractivity contribution in [1.29, 1.82) is 0 Å². The number of aromatic amines is 1. The summed E-state index contributed by atoms with van der Waals surface area (Å²) in [6, 6.07) is 7.65. The Labute approximate surface area is 119 Å². The standard InChI is InChI=1S/C15H21N3S/c1-10-4-5-13-14(8-10)18(15(19)16-13)12-6-7-17(3)11(2)9-12/h4-5,8,11-12H,6-7,9H2,1-3H3,(H,16,19). The van der Waals surface area contributed by atoms with E-state index in [1.165, 1.54) is 23.9 Å². The third-order valence-electron chi connectivity index (χ3n) is 4.42. The Morgan fingerprint density at radius 3 is 2.89 bits per heavy atom. The molecule has 2 unspecified atom stereocenters. The van der Waals surface area contributed by atoms with E-state index in [-0.39, 0.29) is 0 Å². The first kappa shape index (κ1) is 12.9. The Hall–Kier alpha value is -1.13. The molecule has 2 heterocycles. The van der Waals surface area contributed by atoms with E-state index in [0.717, 1.165) is 16.8 Å². The fraction of sp³-hybridized carbons (Fsp3) is 0.533. The Kier molecular flexibility index (Phi) is 3.23. The predicted molar refractivity (Wildman–Crippen MR) is 82.2 cm³/mol. The maximum atomic E-state index is 5.54. The predicted octanol–water partition coefficient (Wildman–Crippen LogP) is 3.66. The lowest BCUT2D eigenvalue weighted by Gasteiger charge is -2.35. The zero-order valence-electron chi connectivity index (χ0n) is 11.8. The molecule has 2 atom stereocenters. The Bertz CT molecular complexity index is 655. The van der Waals surface area contributed by atoms with Crippen LogP contribution in [0.4, 0.5) is 0 Å². The van der Waals surface area contributed by atoms with Gasteiger partial charge in [0.05, 0.1) is 11.0 Å². The monoisotopic (exact) mass is 275 g/mol. The first-order chi connectivity index (χ1) is 9.06. The highest BCUT2D eigenvalue weighted by atomic mass is 32.1. The molecule has 1 fully saturated rings. The number of nitrogens with zero attached hydrogens (tertiary/aromatic N) is 2. The Balaban J connectivity index is 2.07. The van der Waals surface area contributed by atoms with Gasteiger partial charge in [0.2, 0.25) is 0 Å². The van der Waals surface area contributed by atoms with Crippen LogP contribution in [-0.2, 0) is 0 Å². The van der Waals surface area contributed by atoms with E-state index in [1.54, 1.807) is 0 Å². The van der Waals surface area contributed by atoms with Crippen molar-refractivity contribution in [2.45, 2.75) is 38.8 Å². The van der Waals surface area contributed by atoms with Gasteiger partial charge in [-0.15, -0.1) is 0 Å². The normalized spacial score (nSPS) is 25.0. The van der Waals surface area contributed by atoms with Gasteiger partial charge in [0.15, 0.2) is 4.77 Å². The van der Waals surface area contributed by atoms with Gasteiger partial charge in [0.1, 0.15) is 0 Å². The summed E-state index contributed by atoms with van der Waals surface area (Å²) in [4.78, 5) is 5.77. The number of benzene rings is 1. The SMILES string of the molecule is Cc1ccc2[nH]c(=S)n(C3CCN(C)C(C)C3)c2c1. The molecule has 4 heteroatoms. The molecule has 0 bridgehead atoms. The summed E-state index contributed by atoms with van der Waals surface area (Å²) in [7, 11) is 2.21. The maximum Gasteiger partial charge on any atom is 0.178 e. The molecule has 19 heavy (non-hydrogen) atoms. The van der Waals surface area contributed by atoms with Crippen molar-refractivity contribution >= 4 is 23.3 Å². The van der Waals surface area contributed by atoms with Gasteiger partial charge in [-0.3, -0.25) is 0 Å². The number of aryl methyl sites for hydroxylation is 1. The van der Waals surface area contributed by atoms with Crippen LogP contribution < -0.4 is 0 Å². The fourth-order valence-electron chi connectivity index (χ4n) is 3.09. The molecule has 0 amide bonds. The van der Waals surface area contributed by atoms with E-state index in [4.69, 9.17) is 12.2 Å². The fourth-order valence-corrected chi connectivity index (χ4v) is 3.45. The number of likely N-dealkylation sites (tertiary alicyclic amines) is 1. The lowest BCUT2D eigenvalue weighted by molar-refractivity contribution is 0.158. The van der Waals surface area contributed by atoms with Gasteiger partial charge in [0, 0.05) is 18.6 Å². The maximum absolute atomic E-state index is 5.54. The van der Waals surface area contributed by atoms with Gasteiger partial charge in [-0.2, -0.15) is 0 Å². The molecular formula is C15H21N3S. The van der Waals surface area contributed by atoms with Crippen LogP contribution in [0.5, 0.6) is 0 Å². The summed E-state index contributed by atoms with van der Waals surface area (Å²) in [5, 5.41) is 0. The first-order valence-electron chi connectivity index (χ1n) is 6.97. The molecule has 1 N–H and O–H groups in total. The average Bonchev–Trinajstić information content (AvgIpc) is 2.68. The molecule has 0 spiro atoms. The summed E-state index contributed by atoms with van der Waals surface area (Å²) in [6.07, 6.45) is 2.35. The zero-order chi connectivity index (χ0) is 13.6. The molecule has 1 aromatic carbocycles. The summed E-state index contributed by atoms with van der Waals surface area (Å²) >= 11 is 5.54. The van der Waals surface area contributed by atoms with Crippen molar-refractivity contribution in [1.82, 2.24) is 14.5 Å². The van der Waals surface area contributed by atoms with Crippen molar-refractivity contribution in [3.05, 3.63) is 28.5 Å². The van der Waals surface area contributed by atoms with E-state index in [2.05, 4.69) is 53.5 Å². The molecule has 1 aliphatic heterocycles. The summed E-state index contributed by atoms with van der Waals surface area (Å²) < 4.78 is 3.20. The first-order valence-corrected chi connectivity index (χ1v) is 7.38. The molecule has 0 saturated carbocycles. The van der Waals surface area contributed by atoms with Gasteiger partial charge in [-0.25, -0.2) is 0 Å². The second kappa shape index (κ2) is 4.76. The van der Waals surface area contributed by atoms with Crippen LogP contribution in [0.15, 0.2) is 18.2 Å². The van der Waals surface area contributed by atoms with E-state index >= 15 is 0 Å². The number of imidazole rings is 1. The second-order valence-electron chi connectivity index (χ2n) is 5.83. The van der Waals surface area contributed by atoms with E-state index in [0.29, 0.717) is 12.1 Å². The minimum Gasteiger partial charge on any atom is -0.331 e. The van der Waals surface area contributed by atoms with Crippen molar-refractivity contribution in [3.63, 3.8) is 0 Å². The van der Waals surface area contributed by atoms with E-state index < -0.39 is 0 Å². The minimum absolute atomic E-state index is 0.522. The molecule has 1 aliphatic rings. The molecular weight excluding hydrogens is 254 g/mol. The van der Waals surface area contributed by atoms with Crippen LogP contribution in [0, 0.1) is 11.7 Å². The number of hydrogen-bond acceptors (Lipinski definition) is 2. The molecule has 102 valence electrons. The van der Waals surface area contributed by atoms with Crippen LogP contribution in [0.1, 0.15) is 31.4 Å². The number of nitrogens with one attached hydrogen (secondary N) is 1. The quantitative estimate of drug-likeness (QED) is 0.803. The van der Waals surface area contributed by atoms with Crippen molar-refractivity contribution in [2.24, 2.45) is 0 Å². The summed E-state index contributed by atoms with van der Waals surface area (Å²) in [5.74, 6) is 0. The third kappa shape index (κ3) is 2.23.